The lowest BCUT2D eigenvalue weighted by Crippen LogP contribution is -2.15. The van der Waals surface area contributed by atoms with Gasteiger partial charge in [0.15, 0.2) is 0 Å². The number of fused-ring (bicyclic) bond motifs is 1. The molecular weight excluding hydrogens is 213 g/mol. The zero-order valence-electron chi connectivity index (χ0n) is 7.94. The van der Waals surface area contributed by atoms with Crippen LogP contribution in [0.4, 0.5) is 4.39 Å². The summed E-state index contributed by atoms with van der Waals surface area (Å²) in [7, 11) is 0. The fraction of sp³-hybridized carbons (Fsp3) is 0. The van der Waals surface area contributed by atoms with Crippen molar-refractivity contribution in [3.05, 3.63) is 40.8 Å². The Morgan fingerprint density at radius 1 is 1.38 bits per heavy atom. The van der Waals surface area contributed by atoms with Crippen LogP contribution in [0.25, 0.3) is 17.0 Å². The Labute approximate surface area is 87.8 Å². The number of hydrogen-bond acceptors (Lipinski definition) is 3. The minimum Gasteiger partial charge on any atom is -0.305 e. The van der Waals surface area contributed by atoms with Crippen molar-refractivity contribution in [2.45, 2.75) is 0 Å². The van der Waals surface area contributed by atoms with Crippen molar-refractivity contribution in [2.24, 2.45) is 0 Å². The molecule has 7 heteroatoms. The first-order chi connectivity index (χ1) is 7.75. The third kappa shape index (κ3) is 1.14. The molecule has 16 heavy (non-hydrogen) atoms. The molecule has 0 saturated heterocycles. The third-order valence-corrected chi connectivity index (χ3v) is 2.26. The lowest BCUT2D eigenvalue weighted by molar-refractivity contribution is 0.629. The maximum Gasteiger partial charge on any atom is 0.333 e. The van der Waals surface area contributed by atoms with E-state index in [0.717, 1.165) is 0 Å². The Kier molecular flexibility index (Phi) is 1.67. The summed E-state index contributed by atoms with van der Waals surface area (Å²) in [6.07, 6.45) is 1.30. The molecule has 0 aliphatic carbocycles. The maximum atomic E-state index is 13.0. The van der Waals surface area contributed by atoms with Crippen molar-refractivity contribution in [1.82, 2.24) is 24.7 Å². The van der Waals surface area contributed by atoms with E-state index in [1.54, 1.807) is 0 Å². The number of nitrogens with zero attached hydrogens (tertiary/aromatic N) is 3. The molecule has 0 spiro atoms. The molecule has 2 N–H and O–H groups in total. The molecule has 3 rings (SSSR count). The highest BCUT2D eigenvalue weighted by atomic mass is 19.1. The second-order valence-electron chi connectivity index (χ2n) is 3.24. The number of H-pyrrole nitrogens is 2. The van der Waals surface area contributed by atoms with E-state index in [2.05, 4.69) is 20.2 Å². The number of halogens is 1. The summed E-state index contributed by atoms with van der Waals surface area (Å²) in [6, 6.07) is 4.04. The molecule has 3 aromatic rings. The number of nitrogens with one attached hydrogen (secondary N) is 2. The van der Waals surface area contributed by atoms with Gasteiger partial charge in [0.25, 0.3) is 0 Å². The van der Waals surface area contributed by atoms with E-state index < -0.39 is 11.5 Å². The Bertz CT molecular complexity index is 696. The van der Waals surface area contributed by atoms with Gasteiger partial charge in [0.1, 0.15) is 12.1 Å². The SMILES string of the molecule is O=c1[nH]c2cc(F)ccc2n1-c1ncn[nH]1. The number of imidazole rings is 1. The Hall–Kier alpha value is -2.44. The molecule has 2 heterocycles. The molecule has 1 aromatic carbocycles. The highest BCUT2D eigenvalue weighted by Crippen LogP contribution is 2.13. The first-order valence-electron chi connectivity index (χ1n) is 4.52. The van der Waals surface area contributed by atoms with Gasteiger partial charge in [-0.15, -0.1) is 0 Å². The van der Waals surface area contributed by atoms with Gasteiger partial charge in [0, 0.05) is 0 Å². The monoisotopic (exact) mass is 219 g/mol. The summed E-state index contributed by atoms with van der Waals surface area (Å²) >= 11 is 0. The average Bonchev–Trinajstić information content (AvgIpc) is 2.83. The van der Waals surface area contributed by atoms with Gasteiger partial charge in [-0.05, 0) is 18.2 Å². The molecule has 0 bridgehead atoms. The number of benzene rings is 1. The van der Waals surface area contributed by atoms with E-state index in [1.165, 1.54) is 29.1 Å². The smallest absolute Gasteiger partial charge is 0.305 e. The van der Waals surface area contributed by atoms with Gasteiger partial charge in [0.05, 0.1) is 11.0 Å². The van der Waals surface area contributed by atoms with E-state index in [9.17, 15) is 9.18 Å². The minimum atomic E-state index is -0.404. The van der Waals surface area contributed by atoms with Crippen molar-refractivity contribution in [2.75, 3.05) is 0 Å². The lowest BCUT2D eigenvalue weighted by Gasteiger charge is -1.96. The molecule has 2 aromatic heterocycles. The first-order valence-corrected chi connectivity index (χ1v) is 4.52. The fourth-order valence-corrected chi connectivity index (χ4v) is 1.60. The number of aromatic nitrogens is 5. The van der Waals surface area contributed by atoms with Crippen molar-refractivity contribution in [3.63, 3.8) is 0 Å². The fourth-order valence-electron chi connectivity index (χ4n) is 1.60. The van der Waals surface area contributed by atoms with E-state index in [4.69, 9.17) is 0 Å². The summed E-state index contributed by atoms with van der Waals surface area (Å²) in [5, 5.41) is 6.24. The second-order valence-corrected chi connectivity index (χ2v) is 3.24. The van der Waals surface area contributed by atoms with E-state index in [-0.39, 0.29) is 0 Å². The Balaban J connectivity index is 2.41. The van der Waals surface area contributed by atoms with Gasteiger partial charge in [-0.25, -0.2) is 18.9 Å². The minimum absolute atomic E-state index is 0.294. The maximum absolute atomic E-state index is 13.0. The van der Waals surface area contributed by atoms with Crippen molar-refractivity contribution < 1.29 is 4.39 Å². The van der Waals surface area contributed by atoms with Gasteiger partial charge >= 0.3 is 5.69 Å². The van der Waals surface area contributed by atoms with Gasteiger partial charge in [-0.3, -0.25) is 0 Å². The van der Waals surface area contributed by atoms with E-state index in [0.29, 0.717) is 17.0 Å². The normalized spacial score (nSPS) is 11.1. The molecule has 0 fully saturated rings. The first kappa shape index (κ1) is 8.84. The summed E-state index contributed by atoms with van der Waals surface area (Å²) < 4.78 is 14.2. The van der Waals surface area contributed by atoms with Crippen LogP contribution in [0.3, 0.4) is 0 Å². The predicted molar refractivity (Wildman–Crippen MR) is 53.8 cm³/mol. The molecular formula is C9H6FN5O. The Morgan fingerprint density at radius 2 is 2.25 bits per heavy atom. The number of hydrogen-bond donors (Lipinski definition) is 2. The molecule has 0 unspecified atom stereocenters. The van der Waals surface area contributed by atoms with Crippen LogP contribution in [0.5, 0.6) is 0 Å². The van der Waals surface area contributed by atoms with Gasteiger partial charge < -0.3 is 4.98 Å². The lowest BCUT2D eigenvalue weighted by atomic mass is 10.3. The molecule has 0 aliphatic heterocycles. The van der Waals surface area contributed by atoms with Crippen molar-refractivity contribution >= 4 is 11.0 Å². The highest BCUT2D eigenvalue weighted by Gasteiger charge is 2.10. The van der Waals surface area contributed by atoms with Crippen LogP contribution in [0.1, 0.15) is 0 Å². The van der Waals surface area contributed by atoms with Crippen molar-refractivity contribution in [3.8, 4) is 5.95 Å². The topological polar surface area (TPSA) is 79.4 Å². The van der Waals surface area contributed by atoms with Crippen LogP contribution in [-0.4, -0.2) is 24.7 Å². The highest BCUT2D eigenvalue weighted by molar-refractivity contribution is 5.76. The molecule has 0 saturated carbocycles. The third-order valence-electron chi connectivity index (χ3n) is 2.26. The Morgan fingerprint density at radius 3 is 3.00 bits per heavy atom. The molecule has 0 amide bonds. The standard InChI is InChI=1S/C9H6FN5O/c10-5-1-2-7-6(3-5)13-9(16)15(7)8-11-4-12-14-8/h1-4H,(H,13,16)(H,11,12,14). The van der Waals surface area contributed by atoms with Crippen LogP contribution < -0.4 is 5.69 Å². The average molecular weight is 219 g/mol. The summed E-state index contributed by atoms with van der Waals surface area (Å²) in [5.41, 5.74) is 0.571. The van der Waals surface area contributed by atoms with Crippen LogP contribution >= 0.6 is 0 Å². The predicted octanol–water partition coefficient (Wildman–Crippen LogP) is 0.576. The molecule has 0 radical (unpaired) electrons. The summed E-state index contributed by atoms with van der Waals surface area (Å²) in [6.45, 7) is 0. The van der Waals surface area contributed by atoms with Gasteiger partial charge in [-0.2, -0.15) is 10.1 Å². The second kappa shape index (κ2) is 3.02. The molecule has 0 atom stereocenters. The zero-order valence-corrected chi connectivity index (χ0v) is 7.94. The quantitative estimate of drug-likeness (QED) is 0.628. The van der Waals surface area contributed by atoms with Crippen LogP contribution in [0, 0.1) is 5.82 Å². The number of rotatable bonds is 1. The van der Waals surface area contributed by atoms with Gasteiger partial charge in [0.2, 0.25) is 5.95 Å². The largest absolute Gasteiger partial charge is 0.333 e. The molecule has 0 aliphatic rings. The van der Waals surface area contributed by atoms with Crippen LogP contribution in [-0.2, 0) is 0 Å². The summed E-state index contributed by atoms with van der Waals surface area (Å²) in [5.74, 6) is -0.110. The summed E-state index contributed by atoms with van der Waals surface area (Å²) in [4.78, 5) is 18.1. The van der Waals surface area contributed by atoms with Crippen LogP contribution in [0.15, 0.2) is 29.3 Å². The molecule has 6 nitrogen and oxygen atoms in total. The molecule has 80 valence electrons. The zero-order chi connectivity index (χ0) is 11.1. The van der Waals surface area contributed by atoms with Crippen molar-refractivity contribution in [1.29, 1.82) is 0 Å². The number of aromatic amines is 2. The van der Waals surface area contributed by atoms with E-state index in [1.807, 2.05) is 0 Å². The van der Waals surface area contributed by atoms with E-state index >= 15 is 0 Å². The van der Waals surface area contributed by atoms with Gasteiger partial charge in [-0.1, -0.05) is 0 Å². The van der Waals surface area contributed by atoms with Crippen LogP contribution in [0.2, 0.25) is 0 Å².